The lowest BCUT2D eigenvalue weighted by Crippen LogP contribution is -2.12. The van der Waals surface area contributed by atoms with Gasteiger partial charge in [0.1, 0.15) is 28.1 Å². The van der Waals surface area contributed by atoms with Crippen LogP contribution in [-0.4, -0.2) is 30.1 Å². The molecule has 7 nitrogen and oxygen atoms in total. The van der Waals surface area contributed by atoms with Gasteiger partial charge in [0.05, 0.1) is 16.8 Å². The van der Waals surface area contributed by atoms with Crippen molar-refractivity contribution in [1.82, 2.24) is 9.55 Å². The Hall–Kier alpha value is -2.88. The second kappa shape index (κ2) is 8.57. The molecule has 0 saturated carbocycles. The van der Waals surface area contributed by atoms with Crippen LogP contribution in [0, 0.1) is 0 Å². The molecule has 1 amide bonds. The number of halogens is 1. The van der Waals surface area contributed by atoms with E-state index in [1.165, 1.54) is 17.6 Å². The average molecular weight is 490 g/mol. The Morgan fingerprint density at radius 2 is 2.00 bits per heavy atom. The van der Waals surface area contributed by atoms with E-state index in [-0.39, 0.29) is 10.6 Å². The molecule has 0 radical (unpaired) electrons. The minimum absolute atomic E-state index is 0.0746. The van der Waals surface area contributed by atoms with Crippen molar-refractivity contribution >= 4 is 49.7 Å². The first-order chi connectivity index (χ1) is 15.1. The normalized spacial score (nSPS) is 12.7. The fraction of sp³-hybridized carbons (Fsp3) is 0.182. The summed E-state index contributed by atoms with van der Waals surface area (Å²) in [5, 5.41) is 1.23. The molecule has 2 aromatic heterocycles. The molecule has 4 aromatic rings. The quantitative estimate of drug-likeness (QED) is 0.411. The smallest absolute Gasteiger partial charge is 0.262 e. The molecule has 166 valence electrons. The first-order valence-corrected chi connectivity index (χ1v) is 12.9. The summed E-state index contributed by atoms with van der Waals surface area (Å²) in [7, 11) is -3.18. The third-order valence-electron chi connectivity index (χ3n) is 4.83. The lowest BCUT2D eigenvalue weighted by atomic mass is 10.1. The number of nitrogens with zero attached hydrogens (tertiary/aromatic N) is 2. The molecule has 0 saturated heterocycles. The number of hydrogen-bond donors (Lipinski definition) is 1. The van der Waals surface area contributed by atoms with Gasteiger partial charge in [-0.25, -0.2) is 13.4 Å². The van der Waals surface area contributed by atoms with Crippen molar-refractivity contribution in [3.05, 3.63) is 75.9 Å². The number of fused-ring (bicyclic) bond motifs is 1. The van der Waals surface area contributed by atoms with Gasteiger partial charge in [0.2, 0.25) is 0 Å². The van der Waals surface area contributed by atoms with E-state index in [0.29, 0.717) is 32.4 Å². The maximum atomic E-state index is 12.1. The number of sulfone groups is 1. The van der Waals surface area contributed by atoms with Crippen molar-refractivity contribution in [2.24, 2.45) is 5.73 Å². The highest BCUT2D eigenvalue weighted by atomic mass is 35.5. The number of benzene rings is 2. The van der Waals surface area contributed by atoms with Crippen LogP contribution in [0.3, 0.4) is 0 Å². The molecule has 1 atom stereocenters. The first-order valence-electron chi connectivity index (χ1n) is 9.61. The van der Waals surface area contributed by atoms with Gasteiger partial charge in [-0.1, -0.05) is 35.9 Å². The fourth-order valence-corrected chi connectivity index (χ4v) is 5.42. The molecule has 0 aliphatic carbocycles. The number of rotatable bonds is 7. The Balaban J connectivity index is 1.74. The predicted octanol–water partition coefficient (Wildman–Crippen LogP) is 4.52. The molecule has 10 heteroatoms. The van der Waals surface area contributed by atoms with Crippen LogP contribution in [0.4, 0.5) is 0 Å². The summed E-state index contributed by atoms with van der Waals surface area (Å²) in [6, 6.07) is 14.3. The number of ether oxygens (including phenoxy) is 1. The second-order valence-corrected chi connectivity index (χ2v) is 11.0. The summed E-state index contributed by atoms with van der Waals surface area (Å²) >= 11 is 7.45. The van der Waals surface area contributed by atoms with Crippen LogP contribution in [0.2, 0.25) is 5.02 Å². The molecule has 2 N–H and O–H groups in total. The van der Waals surface area contributed by atoms with Crippen LogP contribution in [0.5, 0.6) is 5.75 Å². The minimum Gasteiger partial charge on any atom is -0.484 e. The number of imidazole rings is 1. The van der Waals surface area contributed by atoms with Gasteiger partial charge in [0.15, 0.2) is 9.84 Å². The zero-order valence-electron chi connectivity index (χ0n) is 17.3. The van der Waals surface area contributed by atoms with Gasteiger partial charge in [0, 0.05) is 22.9 Å². The van der Waals surface area contributed by atoms with E-state index in [4.69, 9.17) is 22.1 Å². The molecule has 2 aromatic carbocycles. The topological polar surface area (TPSA) is 104 Å². The molecule has 4 rings (SSSR count). The molecular formula is C22H20ClN3O4S2. The average Bonchev–Trinajstić information content (AvgIpc) is 3.30. The van der Waals surface area contributed by atoms with Crippen LogP contribution >= 0.6 is 22.9 Å². The Morgan fingerprint density at radius 3 is 2.69 bits per heavy atom. The second-order valence-electron chi connectivity index (χ2n) is 7.43. The standard InChI is InChI=1S/C22H20ClN3O4S2/c1-13(15-5-3-4-6-16(15)23)30-19-10-20(31-21(19)22(24)27)26-12-25-17-8-7-14(9-18(17)26)11-32(2,28)29/h3-10,12-13H,11H2,1-2H3,(H2,24,27)/t13-/m0/s1. The molecule has 0 bridgehead atoms. The van der Waals surface area contributed by atoms with Crippen LogP contribution in [0.1, 0.15) is 33.8 Å². The third kappa shape index (κ3) is 4.64. The van der Waals surface area contributed by atoms with Crippen LogP contribution < -0.4 is 10.5 Å². The zero-order valence-corrected chi connectivity index (χ0v) is 19.7. The van der Waals surface area contributed by atoms with Crippen molar-refractivity contribution in [3.8, 4) is 10.8 Å². The fourth-order valence-electron chi connectivity index (χ4n) is 3.42. The molecular weight excluding hydrogens is 470 g/mol. The van der Waals surface area contributed by atoms with Gasteiger partial charge in [0.25, 0.3) is 5.91 Å². The van der Waals surface area contributed by atoms with E-state index in [1.807, 2.05) is 25.1 Å². The Kier molecular flexibility index (Phi) is 5.98. The van der Waals surface area contributed by atoms with Gasteiger partial charge < -0.3 is 10.5 Å². The number of carbonyl (C=O) groups is 1. The van der Waals surface area contributed by atoms with Crippen molar-refractivity contribution in [1.29, 1.82) is 0 Å². The van der Waals surface area contributed by atoms with E-state index >= 15 is 0 Å². The number of thiophene rings is 1. The molecule has 0 unspecified atom stereocenters. The molecule has 0 aliphatic heterocycles. The van der Waals surface area contributed by atoms with Gasteiger partial charge in [-0.15, -0.1) is 11.3 Å². The predicted molar refractivity (Wildman–Crippen MR) is 127 cm³/mol. The molecule has 0 aliphatic rings. The van der Waals surface area contributed by atoms with Gasteiger partial charge in [-0.05, 0) is 30.7 Å². The van der Waals surface area contributed by atoms with Crippen LogP contribution in [-0.2, 0) is 15.6 Å². The van der Waals surface area contributed by atoms with E-state index < -0.39 is 21.8 Å². The van der Waals surface area contributed by atoms with Crippen molar-refractivity contribution in [2.45, 2.75) is 18.8 Å². The highest BCUT2D eigenvalue weighted by Crippen LogP contribution is 2.37. The molecule has 0 fully saturated rings. The number of carbonyl (C=O) groups excluding carboxylic acids is 1. The van der Waals surface area contributed by atoms with E-state index in [2.05, 4.69) is 4.98 Å². The SMILES string of the molecule is C[C@H](Oc1cc(-n2cnc3ccc(CS(C)(=O)=O)cc32)sc1C(N)=O)c1ccccc1Cl. The van der Waals surface area contributed by atoms with Crippen LogP contribution in [0.15, 0.2) is 54.9 Å². The number of nitrogens with two attached hydrogens (primary N) is 1. The zero-order chi connectivity index (χ0) is 23.0. The summed E-state index contributed by atoms with van der Waals surface area (Å²) in [5.74, 6) is -0.335. The third-order valence-corrected chi connectivity index (χ3v) is 7.17. The Labute approximate surface area is 194 Å². The minimum atomic E-state index is -3.18. The largest absolute Gasteiger partial charge is 0.484 e. The maximum Gasteiger partial charge on any atom is 0.262 e. The number of hydrogen-bond acceptors (Lipinski definition) is 6. The highest BCUT2D eigenvalue weighted by molar-refractivity contribution is 7.89. The number of primary amides is 1. The number of aromatic nitrogens is 2. The lowest BCUT2D eigenvalue weighted by molar-refractivity contribution is 0.0998. The summed E-state index contributed by atoms with van der Waals surface area (Å²) in [4.78, 5) is 16.8. The van der Waals surface area contributed by atoms with Crippen molar-refractivity contribution < 1.29 is 17.9 Å². The Bertz CT molecular complexity index is 1430. The lowest BCUT2D eigenvalue weighted by Gasteiger charge is -2.16. The van der Waals surface area contributed by atoms with Crippen molar-refractivity contribution in [2.75, 3.05) is 6.26 Å². The monoisotopic (exact) mass is 489 g/mol. The maximum absolute atomic E-state index is 12.1. The van der Waals surface area contributed by atoms with Gasteiger partial charge in [-0.2, -0.15) is 0 Å². The van der Waals surface area contributed by atoms with Crippen molar-refractivity contribution in [3.63, 3.8) is 0 Å². The van der Waals surface area contributed by atoms with Crippen LogP contribution in [0.25, 0.3) is 16.0 Å². The number of amides is 1. The summed E-state index contributed by atoms with van der Waals surface area (Å²) in [6.45, 7) is 1.84. The Morgan fingerprint density at radius 1 is 1.25 bits per heavy atom. The summed E-state index contributed by atoms with van der Waals surface area (Å²) < 4.78 is 31.2. The molecule has 32 heavy (non-hydrogen) atoms. The van der Waals surface area contributed by atoms with E-state index in [0.717, 1.165) is 5.56 Å². The van der Waals surface area contributed by atoms with E-state index in [9.17, 15) is 13.2 Å². The van der Waals surface area contributed by atoms with E-state index in [1.54, 1.807) is 41.2 Å². The summed E-state index contributed by atoms with van der Waals surface area (Å²) in [6.07, 6.45) is 2.40. The molecule has 2 heterocycles. The van der Waals surface area contributed by atoms with Gasteiger partial charge >= 0.3 is 0 Å². The summed E-state index contributed by atoms with van der Waals surface area (Å²) in [5.41, 5.74) is 8.46. The molecule has 0 spiro atoms. The first kappa shape index (κ1) is 22.3. The highest BCUT2D eigenvalue weighted by Gasteiger charge is 2.21. The van der Waals surface area contributed by atoms with Gasteiger partial charge in [-0.3, -0.25) is 9.36 Å².